The fraction of sp³-hybridized carbons (Fsp3) is 0.714. The molecule has 9 heteroatoms. The Morgan fingerprint density at radius 1 is 1.30 bits per heavy atom. The van der Waals surface area contributed by atoms with Gasteiger partial charge in [0.05, 0.1) is 17.9 Å². The van der Waals surface area contributed by atoms with Crippen LogP contribution in [0.5, 0.6) is 0 Å². The van der Waals surface area contributed by atoms with E-state index in [0.717, 1.165) is 0 Å². The number of likely N-dealkylation sites (N-methyl/N-ethyl adjacent to an activating group) is 1. The minimum Gasteiger partial charge on any atom is -0.301 e. The predicted molar refractivity (Wildman–Crippen MR) is 78.9 cm³/mol. The number of rotatable bonds is 2. The van der Waals surface area contributed by atoms with E-state index in [4.69, 9.17) is 0 Å². The lowest BCUT2D eigenvalue weighted by molar-refractivity contribution is -0.171. The highest BCUT2D eigenvalue weighted by atomic mass is 19.4. The van der Waals surface area contributed by atoms with Gasteiger partial charge in [0.25, 0.3) is 0 Å². The molecule has 1 fully saturated rings. The number of nitrogens with zero attached hydrogens (tertiary/aromatic N) is 4. The van der Waals surface area contributed by atoms with Crippen molar-refractivity contribution in [2.75, 3.05) is 25.0 Å². The molecule has 0 aromatic carbocycles. The lowest BCUT2D eigenvalue weighted by atomic mass is 10.0. The molecule has 1 aliphatic rings. The quantitative estimate of drug-likeness (QED) is 0.778. The first-order valence-corrected chi connectivity index (χ1v) is 7.40. The highest BCUT2D eigenvalue weighted by molar-refractivity contribution is 5.97. The number of carbonyl (C=O) groups excluding carboxylic acids is 1. The summed E-state index contributed by atoms with van der Waals surface area (Å²) in [5.41, 5.74) is 0.0207. The van der Waals surface area contributed by atoms with Crippen LogP contribution >= 0.6 is 0 Å². The van der Waals surface area contributed by atoms with E-state index in [9.17, 15) is 22.4 Å². The molecule has 132 valence electrons. The lowest BCUT2D eigenvalue weighted by Gasteiger charge is -2.38. The molecule has 0 aliphatic carbocycles. The van der Waals surface area contributed by atoms with E-state index < -0.39 is 24.3 Å². The van der Waals surface area contributed by atoms with Crippen LogP contribution in [0.3, 0.4) is 0 Å². The summed E-state index contributed by atoms with van der Waals surface area (Å²) >= 11 is 0. The molecule has 2 atom stereocenters. The molecule has 2 heterocycles. The second-order valence-electron chi connectivity index (χ2n) is 5.25. The zero-order chi connectivity index (χ0) is 17.8. The van der Waals surface area contributed by atoms with Gasteiger partial charge in [0, 0.05) is 32.8 Å². The number of halogens is 4. The summed E-state index contributed by atoms with van der Waals surface area (Å²) in [5, 5.41) is 3.78. The fourth-order valence-corrected chi connectivity index (χ4v) is 2.57. The fourth-order valence-electron chi connectivity index (χ4n) is 2.57. The Kier molecular flexibility index (Phi) is 6.55. The van der Waals surface area contributed by atoms with Crippen LogP contribution in [0.1, 0.15) is 20.3 Å². The average molecular weight is 338 g/mol. The van der Waals surface area contributed by atoms with Crippen LogP contribution in [0.15, 0.2) is 12.4 Å². The standard InChI is InChI=1S/C12H16F4N4O.C2H6/c1-18-5-8(13)3-9(6-18)20(11(21)12(14,15)16)10-4-17-19(2)7-10;1-2/h4,7-9H,3,5-6H2,1-2H3;1-2H3. The van der Waals surface area contributed by atoms with Crippen LogP contribution in [-0.4, -0.2) is 59.1 Å². The molecule has 1 amide bonds. The van der Waals surface area contributed by atoms with E-state index in [2.05, 4.69) is 5.10 Å². The molecule has 0 N–H and O–H groups in total. The number of aromatic nitrogens is 2. The first kappa shape index (κ1) is 19.4. The maximum absolute atomic E-state index is 13.6. The molecule has 2 unspecified atom stereocenters. The predicted octanol–water partition coefficient (Wildman–Crippen LogP) is 2.38. The average Bonchev–Trinajstić information content (AvgIpc) is 2.85. The van der Waals surface area contributed by atoms with Crippen molar-refractivity contribution in [1.82, 2.24) is 14.7 Å². The summed E-state index contributed by atoms with van der Waals surface area (Å²) in [6.45, 7) is 4.33. The Morgan fingerprint density at radius 3 is 2.35 bits per heavy atom. The molecule has 0 radical (unpaired) electrons. The minimum atomic E-state index is -5.02. The van der Waals surface area contributed by atoms with Crippen molar-refractivity contribution in [3.05, 3.63) is 12.4 Å². The normalized spacial score (nSPS) is 22.3. The van der Waals surface area contributed by atoms with E-state index in [1.807, 2.05) is 13.8 Å². The van der Waals surface area contributed by atoms with Crippen molar-refractivity contribution in [3.63, 3.8) is 0 Å². The minimum absolute atomic E-state index is 0.0207. The summed E-state index contributed by atoms with van der Waals surface area (Å²) in [4.78, 5) is 13.9. The number of hydrogen-bond acceptors (Lipinski definition) is 3. The van der Waals surface area contributed by atoms with E-state index in [-0.39, 0.29) is 25.2 Å². The molecule has 0 bridgehead atoms. The van der Waals surface area contributed by atoms with Gasteiger partial charge < -0.3 is 4.90 Å². The van der Waals surface area contributed by atoms with Gasteiger partial charge in [-0.2, -0.15) is 18.3 Å². The van der Waals surface area contributed by atoms with Crippen molar-refractivity contribution in [2.45, 2.75) is 38.7 Å². The highest BCUT2D eigenvalue weighted by Gasteiger charge is 2.47. The first-order chi connectivity index (χ1) is 10.7. The van der Waals surface area contributed by atoms with Crippen molar-refractivity contribution < 1.29 is 22.4 Å². The SMILES string of the molecule is CC.CN1CC(F)CC(N(C(=O)C(F)(F)F)c2cnn(C)c2)C1. The molecule has 1 saturated heterocycles. The molecule has 0 spiro atoms. The van der Waals surface area contributed by atoms with E-state index in [0.29, 0.717) is 4.90 Å². The summed E-state index contributed by atoms with van der Waals surface area (Å²) < 4.78 is 53.4. The number of anilines is 1. The summed E-state index contributed by atoms with van der Waals surface area (Å²) in [6, 6.07) is -0.878. The van der Waals surface area contributed by atoms with Gasteiger partial charge in [-0.3, -0.25) is 14.4 Å². The van der Waals surface area contributed by atoms with Crippen molar-refractivity contribution in [2.24, 2.45) is 7.05 Å². The van der Waals surface area contributed by atoms with Gasteiger partial charge in [-0.25, -0.2) is 4.39 Å². The summed E-state index contributed by atoms with van der Waals surface area (Å²) in [5.74, 6) is -2.00. The molecule has 1 aliphatic heterocycles. The molecule has 0 saturated carbocycles. The summed E-state index contributed by atoms with van der Waals surface area (Å²) in [6.07, 6.45) is -3.93. The summed E-state index contributed by atoms with van der Waals surface area (Å²) in [7, 11) is 3.14. The van der Waals surface area contributed by atoms with Crippen LogP contribution in [0, 0.1) is 0 Å². The van der Waals surface area contributed by atoms with Crippen molar-refractivity contribution >= 4 is 11.6 Å². The van der Waals surface area contributed by atoms with Gasteiger partial charge in [-0.1, -0.05) is 13.8 Å². The molecule has 2 rings (SSSR count). The van der Waals surface area contributed by atoms with Crippen LogP contribution in [0.2, 0.25) is 0 Å². The Morgan fingerprint density at radius 2 is 1.91 bits per heavy atom. The number of aryl methyl sites for hydroxylation is 1. The monoisotopic (exact) mass is 338 g/mol. The third-order valence-electron chi connectivity index (χ3n) is 3.36. The van der Waals surface area contributed by atoms with Crippen LogP contribution in [0.25, 0.3) is 0 Å². The van der Waals surface area contributed by atoms with Gasteiger partial charge in [0.2, 0.25) is 0 Å². The zero-order valence-electron chi connectivity index (χ0n) is 13.6. The van der Waals surface area contributed by atoms with Crippen molar-refractivity contribution in [3.8, 4) is 0 Å². The third kappa shape index (κ3) is 4.92. The Bertz CT molecular complexity index is 507. The Labute approximate surface area is 132 Å². The van der Waals surface area contributed by atoms with Gasteiger partial charge in [0.15, 0.2) is 0 Å². The zero-order valence-corrected chi connectivity index (χ0v) is 13.6. The largest absolute Gasteiger partial charge is 0.471 e. The molecule has 23 heavy (non-hydrogen) atoms. The molecule has 5 nitrogen and oxygen atoms in total. The van der Waals surface area contributed by atoms with Crippen LogP contribution < -0.4 is 4.90 Å². The van der Waals surface area contributed by atoms with Gasteiger partial charge >= 0.3 is 12.1 Å². The number of carbonyl (C=O) groups is 1. The molecule has 1 aromatic heterocycles. The van der Waals surface area contributed by atoms with E-state index in [1.165, 1.54) is 24.1 Å². The lowest BCUT2D eigenvalue weighted by Crippen LogP contribution is -2.55. The second-order valence-corrected chi connectivity index (χ2v) is 5.25. The van der Waals surface area contributed by atoms with Gasteiger partial charge in [-0.15, -0.1) is 0 Å². The smallest absolute Gasteiger partial charge is 0.301 e. The molecular formula is C14H22F4N4O. The number of amides is 1. The van der Waals surface area contributed by atoms with Crippen LogP contribution in [-0.2, 0) is 11.8 Å². The topological polar surface area (TPSA) is 41.4 Å². The molecule has 1 aromatic rings. The number of likely N-dealkylation sites (tertiary alicyclic amines) is 1. The van der Waals surface area contributed by atoms with E-state index in [1.54, 1.807) is 11.9 Å². The van der Waals surface area contributed by atoms with Crippen molar-refractivity contribution in [1.29, 1.82) is 0 Å². The van der Waals surface area contributed by atoms with Gasteiger partial charge in [-0.05, 0) is 7.05 Å². The molecular weight excluding hydrogens is 316 g/mol. The van der Waals surface area contributed by atoms with Crippen LogP contribution in [0.4, 0.5) is 23.2 Å². The maximum Gasteiger partial charge on any atom is 0.471 e. The number of hydrogen-bond donors (Lipinski definition) is 0. The van der Waals surface area contributed by atoms with E-state index >= 15 is 0 Å². The van der Waals surface area contributed by atoms with Gasteiger partial charge in [0.1, 0.15) is 6.17 Å². The maximum atomic E-state index is 13.6. The Hall–Kier alpha value is -1.64. The number of alkyl halides is 4. The third-order valence-corrected chi connectivity index (χ3v) is 3.36. The number of piperidine rings is 1. The Balaban J connectivity index is 0.00000127. The highest BCUT2D eigenvalue weighted by Crippen LogP contribution is 2.29. The second kappa shape index (κ2) is 7.76. The first-order valence-electron chi connectivity index (χ1n) is 7.40.